The molecule has 0 radical (unpaired) electrons. The number of carbonyl (C=O) groups is 1. The van der Waals surface area contributed by atoms with Crippen LogP contribution in [0.25, 0.3) is 0 Å². The number of para-hydroxylation sites is 2. The topological polar surface area (TPSA) is 35.6 Å². The molecule has 138 valence electrons. The summed E-state index contributed by atoms with van der Waals surface area (Å²) in [4.78, 5) is 16.5. The van der Waals surface area contributed by atoms with Crippen molar-refractivity contribution in [1.29, 1.82) is 0 Å². The number of urea groups is 1. The van der Waals surface area contributed by atoms with Gasteiger partial charge in [-0.05, 0) is 43.2 Å². The Morgan fingerprint density at radius 2 is 1.88 bits per heavy atom. The summed E-state index contributed by atoms with van der Waals surface area (Å²) < 4.78 is 25.6. The van der Waals surface area contributed by atoms with Gasteiger partial charge in [0.1, 0.15) is 5.82 Å². The number of amides is 2. The average molecular weight is 380 g/mol. The summed E-state index contributed by atoms with van der Waals surface area (Å²) in [5.41, 5.74) is 2.18. The van der Waals surface area contributed by atoms with E-state index >= 15 is 0 Å². The molecular weight excluding hydrogens is 360 g/mol. The van der Waals surface area contributed by atoms with E-state index in [2.05, 4.69) is 10.2 Å². The molecule has 2 aromatic carbocycles. The van der Waals surface area contributed by atoms with Crippen LogP contribution >= 0.6 is 11.6 Å². The quantitative estimate of drug-likeness (QED) is 0.735. The summed E-state index contributed by atoms with van der Waals surface area (Å²) in [7, 11) is 0. The molecule has 0 saturated heterocycles. The molecule has 0 unspecified atom stereocenters. The number of benzene rings is 2. The maximum atomic E-state index is 13.3. The maximum absolute atomic E-state index is 13.3. The predicted molar refractivity (Wildman–Crippen MR) is 102 cm³/mol. The summed E-state index contributed by atoms with van der Waals surface area (Å²) in [6.45, 7) is 1.61. The predicted octanol–water partition coefficient (Wildman–Crippen LogP) is 5.09. The lowest BCUT2D eigenvalue weighted by Crippen LogP contribution is -2.46. The molecule has 1 aliphatic heterocycles. The summed E-state index contributed by atoms with van der Waals surface area (Å²) in [5, 5.41) is 2.71. The van der Waals surface area contributed by atoms with Crippen molar-refractivity contribution in [3.8, 4) is 0 Å². The Labute approximate surface area is 156 Å². The first-order valence-electron chi connectivity index (χ1n) is 8.53. The van der Waals surface area contributed by atoms with E-state index in [1.54, 1.807) is 4.90 Å². The van der Waals surface area contributed by atoms with Crippen molar-refractivity contribution in [1.82, 2.24) is 0 Å². The maximum Gasteiger partial charge on any atom is 0.326 e. The van der Waals surface area contributed by atoms with Gasteiger partial charge in [-0.1, -0.05) is 23.7 Å². The molecule has 0 spiro atoms. The molecule has 4 nitrogen and oxygen atoms in total. The highest BCUT2D eigenvalue weighted by Crippen LogP contribution is 2.33. The summed E-state index contributed by atoms with van der Waals surface area (Å²) >= 11 is 5.77. The van der Waals surface area contributed by atoms with E-state index in [-0.39, 0.29) is 17.7 Å². The van der Waals surface area contributed by atoms with Gasteiger partial charge in [0.05, 0.1) is 23.1 Å². The Morgan fingerprint density at radius 3 is 2.62 bits per heavy atom. The number of hydrogen-bond donors (Lipinski definition) is 1. The molecule has 7 heteroatoms. The van der Waals surface area contributed by atoms with Crippen molar-refractivity contribution in [3.63, 3.8) is 0 Å². The number of rotatable bonds is 5. The van der Waals surface area contributed by atoms with Gasteiger partial charge in [-0.15, -0.1) is 0 Å². The molecule has 0 saturated carbocycles. The zero-order valence-corrected chi connectivity index (χ0v) is 15.0. The Hall–Kier alpha value is -2.34. The largest absolute Gasteiger partial charge is 0.368 e. The molecular formula is C19H20ClF2N3O. The van der Waals surface area contributed by atoms with Crippen LogP contribution in [0.5, 0.6) is 0 Å². The lowest BCUT2D eigenvalue weighted by atomic mass is 10.1. The van der Waals surface area contributed by atoms with Gasteiger partial charge in [0, 0.05) is 25.3 Å². The number of halogens is 3. The van der Waals surface area contributed by atoms with Gasteiger partial charge in [-0.2, -0.15) is 0 Å². The van der Waals surface area contributed by atoms with Gasteiger partial charge in [0.2, 0.25) is 0 Å². The van der Waals surface area contributed by atoms with E-state index in [1.807, 2.05) is 24.3 Å². The van der Waals surface area contributed by atoms with Crippen molar-refractivity contribution >= 4 is 34.7 Å². The minimum atomic E-state index is -0.531. The third kappa shape index (κ3) is 4.07. The number of anilines is 3. The standard InChI is InChI=1S/C19H20ClF2N3O/c20-15-13-14(7-8-16(15)22)23-19(26)25-12-11-24(10-4-3-9-21)17-5-1-2-6-18(17)25/h1-2,5-8,13H,3-4,9-12H2,(H,23,26). The zero-order valence-electron chi connectivity index (χ0n) is 14.2. The second-order valence-electron chi connectivity index (χ2n) is 6.08. The number of fused-ring (bicyclic) bond motifs is 1. The van der Waals surface area contributed by atoms with Crippen molar-refractivity contribution in [3.05, 3.63) is 53.3 Å². The number of carbonyl (C=O) groups excluding carboxylic acids is 1. The summed E-state index contributed by atoms with van der Waals surface area (Å²) in [6, 6.07) is 11.4. The fourth-order valence-corrected chi connectivity index (χ4v) is 3.21. The highest BCUT2D eigenvalue weighted by molar-refractivity contribution is 6.31. The highest BCUT2D eigenvalue weighted by Gasteiger charge is 2.26. The van der Waals surface area contributed by atoms with E-state index in [1.165, 1.54) is 18.2 Å². The van der Waals surface area contributed by atoms with Gasteiger partial charge in [0.15, 0.2) is 0 Å². The van der Waals surface area contributed by atoms with Gasteiger partial charge >= 0.3 is 6.03 Å². The number of unbranched alkanes of at least 4 members (excludes halogenated alkanes) is 1. The van der Waals surface area contributed by atoms with Crippen LogP contribution in [0.4, 0.5) is 30.6 Å². The lowest BCUT2D eigenvalue weighted by molar-refractivity contribution is 0.256. The Balaban J connectivity index is 1.76. The molecule has 0 fully saturated rings. The normalized spacial score (nSPS) is 13.5. The molecule has 3 rings (SSSR count). The highest BCUT2D eigenvalue weighted by atomic mass is 35.5. The third-order valence-electron chi connectivity index (χ3n) is 4.33. The number of alkyl halides is 1. The first-order valence-corrected chi connectivity index (χ1v) is 8.91. The molecule has 0 atom stereocenters. The Bertz CT molecular complexity index is 787. The second kappa shape index (κ2) is 8.36. The molecule has 26 heavy (non-hydrogen) atoms. The van der Waals surface area contributed by atoms with E-state index in [4.69, 9.17) is 11.6 Å². The smallest absolute Gasteiger partial charge is 0.326 e. The number of nitrogens with one attached hydrogen (secondary N) is 1. The summed E-state index contributed by atoms with van der Waals surface area (Å²) in [6.07, 6.45) is 1.30. The van der Waals surface area contributed by atoms with Crippen molar-refractivity contribution in [2.24, 2.45) is 0 Å². The van der Waals surface area contributed by atoms with Crippen LogP contribution in [0.2, 0.25) is 5.02 Å². The van der Waals surface area contributed by atoms with E-state index in [9.17, 15) is 13.6 Å². The fourth-order valence-electron chi connectivity index (χ4n) is 3.03. The van der Waals surface area contributed by atoms with E-state index < -0.39 is 5.82 Å². The van der Waals surface area contributed by atoms with Crippen molar-refractivity contribution in [2.75, 3.05) is 41.4 Å². The molecule has 1 heterocycles. The minimum absolute atomic E-state index is 0.0408. The van der Waals surface area contributed by atoms with Crippen LogP contribution in [0.1, 0.15) is 12.8 Å². The average Bonchev–Trinajstić information content (AvgIpc) is 2.65. The van der Waals surface area contributed by atoms with Gasteiger partial charge in [0.25, 0.3) is 0 Å². The van der Waals surface area contributed by atoms with Gasteiger partial charge in [-0.3, -0.25) is 9.29 Å². The van der Waals surface area contributed by atoms with E-state index in [0.29, 0.717) is 25.2 Å². The molecule has 2 amide bonds. The number of hydrogen-bond acceptors (Lipinski definition) is 2. The molecule has 0 aromatic heterocycles. The molecule has 0 aliphatic carbocycles. The van der Waals surface area contributed by atoms with Crippen molar-refractivity contribution in [2.45, 2.75) is 12.8 Å². The Morgan fingerprint density at radius 1 is 1.12 bits per heavy atom. The zero-order chi connectivity index (χ0) is 18.5. The molecule has 1 N–H and O–H groups in total. The Kier molecular flexibility index (Phi) is 5.93. The minimum Gasteiger partial charge on any atom is -0.368 e. The van der Waals surface area contributed by atoms with Gasteiger partial charge in [-0.25, -0.2) is 9.18 Å². The van der Waals surface area contributed by atoms with Crippen LogP contribution < -0.4 is 15.1 Å². The monoisotopic (exact) mass is 379 g/mol. The SMILES string of the molecule is O=C(Nc1ccc(F)c(Cl)c1)N1CCN(CCCCF)c2ccccc21. The van der Waals surface area contributed by atoms with Crippen molar-refractivity contribution < 1.29 is 13.6 Å². The molecule has 2 aromatic rings. The summed E-state index contributed by atoms with van der Waals surface area (Å²) in [5.74, 6) is -0.531. The fraction of sp³-hybridized carbons (Fsp3) is 0.316. The van der Waals surface area contributed by atoms with Crippen LogP contribution in [0, 0.1) is 5.82 Å². The number of nitrogens with zero attached hydrogens (tertiary/aromatic N) is 2. The van der Waals surface area contributed by atoms with Gasteiger partial charge < -0.3 is 10.2 Å². The second-order valence-corrected chi connectivity index (χ2v) is 6.49. The molecule has 0 bridgehead atoms. The van der Waals surface area contributed by atoms with Crippen LogP contribution in [0.3, 0.4) is 0 Å². The van der Waals surface area contributed by atoms with Crippen LogP contribution in [0.15, 0.2) is 42.5 Å². The molecule has 1 aliphatic rings. The van der Waals surface area contributed by atoms with Crippen LogP contribution in [-0.2, 0) is 0 Å². The first kappa shape index (κ1) is 18.5. The first-order chi connectivity index (χ1) is 12.6. The third-order valence-corrected chi connectivity index (χ3v) is 4.62. The van der Waals surface area contributed by atoms with E-state index in [0.717, 1.165) is 24.3 Å². The lowest BCUT2D eigenvalue weighted by Gasteiger charge is -2.37. The van der Waals surface area contributed by atoms with Crippen LogP contribution in [-0.4, -0.2) is 32.3 Å².